The second kappa shape index (κ2) is 9.71. The number of piperidine rings is 1. The molecule has 1 fully saturated rings. The van der Waals surface area contributed by atoms with E-state index >= 15 is 0 Å². The standard InChI is InChI=1S/C25H25N7OS/c1-16-11-19(13-26)12-17(2)21(16)33-24-22-23(28-15-34-22)30-25(31-24)29-20-5-9-32(10-6-20)14-18-3-7-27-8-4-18/h3-4,7-8,11-12,15,20H,5-6,9-10,14H2,1-2H3,(H,29,30,31). The molecule has 4 heterocycles. The van der Waals surface area contributed by atoms with Crippen molar-refractivity contribution in [3.8, 4) is 17.7 Å². The van der Waals surface area contributed by atoms with E-state index in [0.29, 0.717) is 28.8 Å². The normalized spacial score (nSPS) is 14.7. The Labute approximate surface area is 202 Å². The molecule has 0 spiro atoms. The van der Waals surface area contributed by atoms with Crippen LogP contribution in [0.15, 0.2) is 42.2 Å². The van der Waals surface area contributed by atoms with Crippen LogP contribution in [0.4, 0.5) is 5.95 Å². The van der Waals surface area contributed by atoms with Gasteiger partial charge in [0.25, 0.3) is 0 Å². The van der Waals surface area contributed by atoms with Crippen molar-refractivity contribution in [1.82, 2.24) is 24.8 Å². The maximum atomic E-state index is 9.23. The van der Waals surface area contributed by atoms with E-state index in [1.165, 1.54) is 16.9 Å². The number of fused-ring (bicyclic) bond motifs is 1. The first kappa shape index (κ1) is 22.2. The number of anilines is 1. The van der Waals surface area contributed by atoms with Gasteiger partial charge in [-0.1, -0.05) is 0 Å². The third-order valence-corrected chi connectivity index (χ3v) is 6.83. The van der Waals surface area contributed by atoms with Crippen molar-refractivity contribution in [3.63, 3.8) is 0 Å². The van der Waals surface area contributed by atoms with Crippen LogP contribution in [-0.4, -0.2) is 44.0 Å². The van der Waals surface area contributed by atoms with Gasteiger partial charge < -0.3 is 10.1 Å². The highest BCUT2D eigenvalue weighted by atomic mass is 32.1. The Kier molecular flexibility index (Phi) is 6.34. The average Bonchev–Trinajstić information content (AvgIpc) is 3.32. The third kappa shape index (κ3) is 4.83. The topological polar surface area (TPSA) is 99.8 Å². The van der Waals surface area contributed by atoms with Gasteiger partial charge >= 0.3 is 0 Å². The molecule has 1 aromatic carbocycles. The number of aryl methyl sites for hydroxylation is 2. The highest BCUT2D eigenvalue weighted by molar-refractivity contribution is 7.17. The molecule has 172 valence electrons. The Hall–Kier alpha value is -3.61. The number of ether oxygens (including phenoxy) is 1. The largest absolute Gasteiger partial charge is 0.437 e. The fourth-order valence-electron chi connectivity index (χ4n) is 4.31. The summed E-state index contributed by atoms with van der Waals surface area (Å²) in [6.45, 7) is 6.83. The van der Waals surface area contributed by atoms with Crippen LogP contribution in [-0.2, 0) is 6.54 Å². The molecule has 3 aromatic heterocycles. The first-order valence-corrected chi connectivity index (χ1v) is 12.2. The molecule has 1 aliphatic heterocycles. The van der Waals surface area contributed by atoms with Crippen LogP contribution in [0.25, 0.3) is 10.3 Å². The summed E-state index contributed by atoms with van der Waals surface area (Å²) in [5.74, 6) is 1.73. The molecule has 34 heavy (non-hydrogen) atoms. The summed E-state index contributed by atoms with van der Waals surface area (Å²) in [6.07, 6.45) is 5.70. The lowest BCUT2D eigenvalue weighted by molar-refractivity contribution is 0.211. The molecule has 0 amide bonds. The van der Waals surface area contributed by atoms with E-state index in [2.05, 4.69) is 43.4 Å². The monoisotopic (exact) mass is 471 g/mol. The molecule has 1 aliphatic rings. The Balaban J connectivity index is 1.31. The molecule has 5 rings (SSSR count). The summed E-state index contributed by atoms with van der Waals surface area (Å²) in [5, 5.41) is 12.7. The zero-order chi connectivity index (χ0) is 23.5. The van der Waals surface area contributed by atoms with Gasteiger partial charge in [-0.05, 0) is 67.6 Å². The van der Waals surface area contributed by atoms with Gasteiger partial charge in [0.2, 0.25) is 11.8 Å². The molecule has 1 saturated heterocycles. The first-order valence-electron chi connectivity index (χ1n) is 11.3. The van der Waals surface area contributed by atoms with Gasteiger partial charge in [0.05, 0.1) is 17.1 Å². The molecule has 0 radical (unpaired) electrons. The quantitative estimate of drug-likeness (QED) is 0.426. The van der Waals surface area contributed by atoms with Gasteiger partial charge in [0.15, 0.2) is 5.65 Å². The Bertz CT molecular complexity index is 1320. The number of rotatable bonds is 6. The first-order chi connectivity index (χ1) is 16.6. The molecule has 9 heteroatoms. The molecule has 0 bridgehead atoms. The van der Waals surface area contributed by atoms with Gasteiger partial charge in [-0.25, -0.2) is 4.98 Å². The Morgan fingerprint density at radius 1 is 1.15 bits per heavy atom. The summed E-state index contributed by atoms with van der Waals surface area (Å²) >= 11 is 1.46. The summed E-state index contributed by atoms with van der Waals surface area (Å²) in [5.41, 5.74) is 6.07. The summed E-state index contributed by atoms with van der Waals surface area (Å²) in [4.78, 5) is 20.3. The van der Waals surface area contributed by atoms with Crippen LogP contribution in [0.3, 0.4) is 0 Å². The number of aromatic nitrogens is 4. The van der Waals surface area contributed by atoms with Crippen molar-refractivity contribution in [1.29, 1.82) is 5.26 Å². The van der Waals surface area contributed by atoms with Crippen LogP contribution < -0.4 is 10.1 Å². The highest BCUT2D eigenvalue weighted by Gasteiger charge is 2.22. The zero-order valence-corrected chi connectivity index (χ0v) is 20.0. The van der Waals surface area contributed by atoms with Crippen LogP contribution in [0.5, 0.6) is 11.6 Å². The van der Waals surface area contributed by atoms with Crippen molar-refractivity contribution < 1.29 is 4.74 Å². The number of pyridine rings is 1. The van der Waals surface area contributed by atoms with Crippen molar-refractivity contribution in [2.75, 3.05) is 18.4 Å². The van der Waals surface area contributed by atoms with Crippen molar-refractivity contribution in [2.24, 2.45) is 0 Å². The van der Waals surface area contributed by atoms with E-state index in [1.807, 2.05) is 38.4 Å². The van der Waals surface area contributed by atoms with E-state index < -0.39 is 0 Å². The number of nitrogens with one attached hydrogen (secondary N) is 1. The molecule has 1 N–H and O–H groups in total. The van der Waals surface area contributed by atoms with Crippen molar-refractivity contribution in [3.05, 3.63) is 64.4 Å². The number of nitriles is 1. The Morgan fingerprint density at radius 3 is 2.59 bits per heavy atom. The summed E-state index contributed by atoms with van der Waals surface area (Å²) in [7, 11) is 0. The van der Waals surface area contributed by atoms with E-state index in [9.17, 15) is 5.26 Å². The predicted octanol–water partition coefficient (Wildman–Crippen LogP) is 4.84. The number of hydrogen-bond acceptors (Lipinski definition) is 9. The second-order valence-corrected chi connectivity index (χ2v) is 9.42. The predicted molar refractivity (Wildman–Crippen MR) is 132 cm³/mol. The zero-order valence-electron chi connectivity index (χ0n) is 19.2. The van der Waals surface area contributed by atoms with Crippen molar-refractivity contribution >= 4 is 27.6 Å². The molecule has 0 aliphatic carbocycles. The average molecular weight is 472 g/mol. The second-order valence-electron chi connectivity index (χ2n) is 8.56. The van der Waals surface area contributed by atoms with Gasteiger partial charge in [-0.15, -0.1) is 11.3 Å². The number of hydrogen-bond donors (Lipinski definition) is 1. The molecule has 0 unspecified atom stereocenters. The van der Waals surface area contributed by atoms with E-state index in [0.717, 1.165) is 48.3 Å². The van der Waals surface area contributed by atoms with Gasteiger partial charge in [0.1, 0.15) is 10.4 Å². The maximum Gasteiger partial charge on any atom is 0.243 e. The smallest absolute Gasteiger partial charge is 0.243 e. The SMILES string of the molecule is Cc1cc(C#N)cc(C)c1Oc1nc(NC2CCN(Cc3ccncc3)CC2)nc2ncsc12. The summed E-state index contributed by atoms with van der Waals surface area (Å²) < 4.78 is 7.09. The minimum Gasteiger partial charge on any atom is -0.437 e. The Morgan fingerprint density at radius 2 is 1.88 bits per heavy atom. The lowest BCUT2D eigenvalue weighted by Gasteiger charge is -2.32. The number of likely N-dealkylation sites (tertiary alicyclic amines) is 1. The number of thiazole rings is 1. The lowest BCUT2D eigenvalue weighted by Crippen LogP contribution is -2.39. The maximum absolute atomic E-state index is 9.23. The molecule has 0 atom stereocenters. The van der Waals surface area contributed by atoms with Gasteiger partial charge in [-0.3, -0.25) is 9.88 Å². The molecule has 8 nitrogen and oxygen atoms in total. The highest BCUT2D eigenvalue weighted by Crippen LogP contribution is 2.35. The van der Waals surface area contributed by atoms with Gasteiger partial charge in [-0.2, -0.15) is 15.2 Å². The fraction of sp³-hybridized carbons (Fsp3) is 0.320. The third-order valence-electron chi connectivity index (χ3n) is 6.03. The number of benzene rings is 1. The van der Waals surface area contributed by atoms with Crippen LogP contribution in [0.1, 0.15) is 35.1 Å². The molecular weight excluding hydrogens is 446 g/mol. The van der Waals surface area contributed by atoms with Crippen LogP contribution in [0.2, 0.25) is 0 Å². The summed E-state index contributed by atoms with van der Waals surface area (Å²) in [6, 6.07) is 10.3. The minimum atomic E-state index is 0.288. The van der Waals surface area contributed by atoms with Gasteiger partial charge in [0, 0.05) is 38.1 Å². The fourth-order valence-corrected chi connectivity index (χ4v) is 4.96. The number of nitrogens with zero attached hydrogens (tertiary/aromatic N) is 6. The molecule has 4 aromatic rings. The molecular formula is C25H25N7OS. The van der Waals surface area contributed by atoms with E-state index in [-0.39, 0.29) is 6.04 Å². The van der Waals surface area contributed by atoms with Crippen molar-refractivity contribution in [2.45, 2.75) is 39.3 Å². The van der Waals surface area contributed by atoms with E-state index in [4.69, 9.17) is 9.72 Å². The minimum absolute atomic E-state index is 0.288. The molecule has 0 saturated carbocycles. The lowest BCUT2D eigenvalue weighted by atomic mass is 10.0. The van der Waals surface area contributed by atoms with Crippen LogP contribution in [0, 0.1) is 25.2 Å². The van der Waals surface area contributed by atoms with Crippen LogP contribution >= 0.6 is 11.3 Å². The van der Waals surface area contributed by atoms with E-state index in [1.54, 1.807) is 5.51 Å².